The van der Waals surface area contributed by atoms with Crippen molar-refractivity contribution in [3.05, 3.63) is 29.6 Å². The summed E-state index contributed by atoms with van der Waals surface area (Å²) in [6.07, 6.45) is 0.899. The molecule has 0 unspecified atom stereocenters. The highest BCUT2D eigenvalue weighted by molar-refractivity contribution is 5.92. The van der Waals surface area contributed by atoms with Crippen LogP contribution in [0.1, 0.15) is 43.4 Å². The smallest absolute Gasteiger partial charge is 0.269 e. The van der Waals surface area contributed by atoms with Crippen LogP contribution in [0.4, 0.5) is 0 Å². The number of hydrogen-bond donors (Lipinski definition) is 1. The minimum Gasteiger partial charge on any atom is -0.351 e. The molecule has 0 spiro atoms. The predicted octanol–water partition coefficient (Wildman–Crippen LogP) is 2.12. The van der Waals surface area contributed by atoms with E-state index < -0.39 is 0 Å². The summed E-state index contributed by atoms with van der Waals surface area (Å²) in [5.41, 5.74) is 0.737. The Bertz CT molecular complexity index is 441. The van der Waals surface area contributed by atoms with E-state index in [1.54, 1.807) is 18.2 Å². The molecule has 4 nitrogen and oxygen atoms in total. The standard InChI is InChI=1S/C13H17N3O/c1-13(2,3)7-8-15-12(17)11-6-4-5-10(9-14)16-11/h4-6H,7-8H2,1-3H3,(H,15,17). The van der Waals surface area contributed by atoms with Gasteiger partial charge in [0.2, 0.25) is 0 Å². The lowest BCUT2D eigenvalue weighted by atomic mass is 9.92. The van der Waals surface area contributed by atoms with E-state index in [-0.39, 0.29) is 22.7 Å². The molecule has 0 atom stereocenters. The number of nitrogens with one attached hydrogen (secondary N) is 1. The molecule has 1 aromatic rings. The molecule has 1 N–H and O–H groups in total. The highest BCUT2D eigenvalue weighted by atomic mass is 16.1. The van der Waals surface area contributed by atoms with Crippen LogP contribution in [-0.4, -0.2) is 17.4 Å². The van der Waals surface area contributed by atoms with Gasteiger partial charge < -0.3 is 5.32 Å². The molecule has 17 heavy (non-hydrogen) atoms. The van der Waals surface area contributed by atoms with Gasteiger partial charge in [0.15, 0.2) is 0 Å². The Balaban J connectivity index is 2.56. The van der Waals surface area contributed by atoms with E-state index in [9.17, 15) is 4.79 Å². The molecule has 0 aliphatic carbocycles. The molecule has 4 heteroatoms. The summed E-state index contributed by atoms with van der Waals surface area (Å²) in [7, 11) is 0. The minimum atomic E-state index is -0.230. The molecule has 0 fully saturated rings. The molecule has 0 aromatic carbocycles. The average molecular weight is 231 g/mol. The second-order valence-electron chi connectivity index (χ2n) is 5.09. The van der Waals surface area contributed by atoms with Gasteiger partial charge in [0.05, 0.1) is 0 Å². The Morgan fingerprint density at radius 1 is 1.47 bits per heavy atom. The second-order valence-corrected chi connectivity index (χ2v) is 5.09. The van der Waals surface area contributed by atoms with E-state index in [1.807, 2.05) is 6.07 Å². The monoisotopic (exact) mass is 231 g/mol. The summed E-state index contributed by atoms with van der Waals surface area (Å²) in [5, 5.41) is 11.5. The quantitative estimate of drug-likeness (QED) is 0.866. The Morgan fingerprint density at radius 2 is 2.18 bits per heavy atom. The van der Waals surface area contributed by atoms with E-state index in [0.29, 0.717) is 6.54 Å². The lowest BCUT2D eigenvalue weighted by molar-refractivity contribution is 0.0944. The van der Waals surface area contributed by atoms with Gasteiger partial charge in [-0.1, -0.05) is 26.8 Å². The van der Waals surface area contributed by atoms with Crippen molar-refractivity contribution in [2.45, 2.75) is 27.2 Å². The predicted molar refractivity (Wildman–Crippen MR) is 65.4 cm³/mol. The first-order valence-corrected chi connectivity index (χ1v) is 5.58. The number of carbonyl (C=O) groups excluding carboxylic acids is 1. The largest absolute Gasteiger partial charge is 0.351 e. The number of nitriles is 1. The minimum absolute atomic E-state index is 0.190. The van der Waals surface area contributed by atoms with Crippen LogP contribution in [0, 0.1) is 16.7 Å². The topological polar surface area (TPSA) is 65.8 Å². The van der Waals surface area contributed by atoms with Gasteiger partial charge in [0, 0.05) is 6.54 Å². The van der Waals surface area contributed by atoms with E-state index in [0.717, 1.165) is 6.42 Å². The van der Waals surface area contributed by atoms with E-state index >= 15 is 0 Å². The van der Waals surface area contributed by atoms with Crippen LogP contribution < -0.4 is 5.32 Å². The van der Waals surface area contributed by atoms with Crippen molar-refractivity contribution in [2.24, 2.45) is 5.41 Å². The molecule has 0 radical (unpaired) electrons. The van der Waals surface area contributed by atoms with Gasteiger partial charge in [-0.2, -0.15) is 5.26 Å². The average Bonchev–Trinajstić information content (AvgIpc) is 2.27. The maximum atomic E-state index is 11.7. The first kappa shape index (κ1) is 13.2. The number of pyridine rings is 1. The maximum Gasteiger partial charge on any atom is 0.269 e. The molecular weight excluding hydrogens is 214 g/mol. The highest BCUT2D eigenvalue weighted by Gasteiger charge is 2.12. The van der Waals surface area contributed by atoms with Gasteiger partial charge in [-0.3, -0.25) is 4.79 Å². The fourth-order valence-corrected chi connectivity index (χ4v) is 1.27. The van der Waals surface area contributed by atoms with Crippen molar-refractivity contribution in [1.29, 1.82) is 5.26 Å². The van der Waals surface area contributed by atoms with Gasteiger partial charge >= 0.3 is 0 Å². The van der Waals surface area contributed by atoms with Crippen molar-refractivity contribution in [3.63, 3.8) is 0 Å². The van der Waals surface area contributed by atoms with Crippen LogP contribution >= 0.6 is 0 Å². The van der Waals surface area contributed by atoms with Crippen molar-refractivity contribution < 1.29 is 4.79 Å². The van der Waals surface area contributed by atoms with E-state index in [2.05, 4.69) is 31.1 Å². The third kappa shape index (κ3) is 4.64. The first-order chi connectivity index (χ1) is 7.92. The fraction of sp³-hybridized carbons (Fsp3) is 0.462. The van der Waals surface area contributed by atoms with Gasteiger partial charge in [-0.15, -0.1) is 0 Å². The lowest BCUT2D eigenvalue weighted by Crippen LogP contribution is -2.28. The van der Waals surface area contributed by atoms with Gasteiger partial charge in [0.25, 0.3) is 5.91 Å². The second kappa shape index (κ2) is 5.44. The van der Waals surface area contributed by atoms with Crippen LogP contribution in [0.25, 0.3) is 0 Å². The summed E-state index contributed by atoms with van der Waals surface area (Å²) in [4.78, 5) is 15.6. The van der Waals surface area contributed by atoms with Gasteiger partial charge in [-0.05, 0) is 24.0 Å². The molecule has 1 heterocycles. The van der Waals surface area contributed by atoms with E-state index in [4.69, 9.17) is 5.26 Å². The maximum absolute atomic E-state index is 11.7. The molecule has 0 aliphatic heterocycles. The Labute approximate surface area is 102 Å². The van der Waals surface area contributed by atoms with Crippen LogP contribution in [-0.2, 0) is 0 Å². The number of rotatable bonds is 3. The van der Waals surface area contributed by atoms with Crippen LogP contribution in [0.3, 0.4) is 0 Å². The van der Waals surface area contributed by atoms with Crippen molar-refractivity contribution in [1.82, 2.24) is 10.3 Å². The molecule has 0 saturated carbocycles. The number of carbonyl (C=O) groups is 1. The summed E-state index contributed by atoms with van der Waals surface area (Å²) in [5.74, 6) is -0.230. The molecule has 1 aromatic heterocycles. The fourth-order valence-electron chi connectivity index (χ4n) is 1.27. The Kier molecular flexibility index (Phi) is 4.22. The SMILES string of the molecule is CC(C)(C)CCNC(=O)c1cccc(C#N)n1. The zero-order chi connectivity index (χ0) is 12.9. The highest BCUT2D eigenvalue weighted by Crippen LogP contribution is 2.16. The molecule has 1 amide bonds. The number of amides is 1. The summed E-state index contributed by atoms with van der Waals surface area (Å²) in [6, 6.07) is 6.75. The molecule has 0 aliphatic rings. The Hall–Kier alpha value is -1.89. The van der Waals surface area contributed by atoms with Crippen molar-refractivity contribution in [2.75, 3.05) is 6.54 Å². The Morgan fingerprint density at radius 3 is 2.76 bits per heavy atom. The van der Waals surface area contributed by atoms with Crippen molar-refractivity contribution >= 4 is 5.91 Å². The summed E-state index contributed by atoms with van der Waals surface area (Å²) < 4.78 is 0. The summed E-state index contributed by atoms with van der Waals surface area (Å²) in [6.45, 7) is 6.97. The van der Waals surface area contributed by atoms with Crippen molar-refractivity contribution in [3.8, 4) is 6.07 Å². The number of nitrogens with zero attached hydrogens (tertiary/aromatic N) is 2. The van der Waals surface area contributed by atoms with Crippen LogP contribution in [0.5, 0.6) is 0 Å². The van der Waals surface area contributed by atoms with Crippen LogP contribution in [0.2, 0.25) is 0 Å². The normalized spacial score (nSPS) is 10.7. The molecular formula is C13H17N3O. The van der Waals surface area contributed by atoms with Crippen LogP contribution in [0.15, 0.2) is 18.2 Å². The summed E-state index contributed by atoms with van der Waals surface area (Å²) >= 11 is 0. The number of aromatic nitrogens is 1. The van der Waals surface area contributed by atoms with Gasteiger partial charge in [-0.25, -0.2) is 4.98 Å². The first-order valence-electron chi connectivity index (χ1n) is 5.58. The lowest BCUT2D eigenvalue weighted by Gasteiger charge is -2.17. The van der Waals surface area contributed by atoms with Gasteiger partial charge in [0.1, 0.15) is 17.5 Å². The number of hydrogen-bond acceptors (Lipinski definition) is 3. The third-order valence-electron chi connectivity index (χ3n) is 2.26. The molecule has 1 rings (SSSR count). The molecule has 0 saturated heterocycles. The molecule has 90 valence electrons. The van der Waals surface area contributed by atoms with E-state index in [1.165, 1.54) is 0 Å². The zero-order valence-electron chi connectivity index (χ0n) is 10.4. The zero-order valence-corrected chi connectivity index (χ0v) is 10.4. The molecule has 0 bridgehead atoms. The third-order valence-corrected chi connectivity index (χ3v) is 2.26.